The Morgan fingerprint density at radius 1 is 1.19 bits per heavy atom. The van der Waals surface area contributed by atoms with Crippen LogP contribution in [0.1, 0.15) is 25.5 Å². The zero-order chi connectivity index (χ0) is 15.4. The third-order valence-electron chi connectivity index (χ3n) is 3.05. The fourth-order valence-electron chi connectivity index (χ4n) is 2.09. The minimum Gasteiger partial charge on any atom is -0.494 e. The molecule has 1 atom stereocenters. The van der Waals surface area contributed by atoms with Gasteiger partial charge in [-0.2, -0.15) is 0 Å². The molecule has 2 aromatic carbocycles. The van der Waals surface area contributed by atoms with Crippen LogP contribution in [0, 0.1) is 5.82 Å². The van der Waals surface area contributed by atoms with Crippen LogP contribution in [-0.4, -0.2) is 6.61 Å². The van der Waals surface area contributed by atoms with E-state index in [2.05, 4.69) is 5.32 Å². The van der Waals surface area contributed by atoms with E-state index in [4.69, 9.17) is 27.9 Å². The summed E-state index contributed by atoms with van der Waals surface area (Å²) in [4.78, 5) is 0. The molecule has 1 unspecified atom stereocenters. The average molecular weight is 328 g/mol. The van der Waals surface area contributed by atoms with Gasteiger partial charge in [-0.05, 0) is 32.0 Å². The third kappa shape index (κ3) is 3.80. The van der Waals surface area contributed by atoms with Crippen LogP contribution >= 0.6 is 23.2 Å². The second-order valence-corrected chi connectivity index (χ2v) is 5.41. The lowest BCUT2D eigenvalue weighted by molar-refractivity contribution is 0.335. The second-order valence-electron chi connectivity index (χ2n) is 4.59. The molecule has 2 aromatic rings. The van der Waals surface area contributed by atoms with Gasteiger partial charge >= 0.3 is 0 Å². The van der Waals surface area contributed by atoms with Gasteiger partial charge in [0.05, 0.1) is 22.7 Å². The van der Waals surface area contributed by atoms with Gasteiger partial charge in [-0.15, -0.1) is 0 Å². The van der Waals surface area contributed by atoms with Gasteiger partial charge < -0.3 is 10.1 Å². The Bertz CT molecular complexity index is 610. The van der Waals surface area contributed by atoms with Crippen LogP contribution in [-0.2, 0) is 0 Å². The van der Waals surface area contributed by atoms with E-state index in [1.165, 1.54) is 12.1 Å². The smallest absolute Gasteiger partial charge is 0.160 e. The molecule has 0 aromatic heterocycles. The molecule has 0 saturated heterocycles. The number of rotatable bonds is 5. The van der Waals surface area contributed by atoms with E-state index >= 15 is 0 Å². The molecule has 0 aliphatic carbocycles. The maximum Gasteiger partial charge on any atom is 0.160 e. The van der Waals surface area contributed by atoms with Crippen molar-refractivity contribution in [3.05, 3.63) is 57.8 Å². The highest BCUT2D eigenvalue weighted by atomic mass is 35.5. The van der Waals surface area contributed by atoms with Crippen molar-refractivity contribution in [3.8, 4) is 5.75 Å². The maximum atomic E-state index is 13.4. The fraction of sp³-hybridized carbons (Fsp3) is 0.250. The molecule has 0 spiro atoms. The molecule has 2 rings (SSSR count). The second kappa shape index (κ2) is 7.01. The van der Waals surface area contributed by atoms with Crippen molar-refractivity contribution in [1.29, 1.82) is 0 Å². The van der Waals surface area contributed by atoms with Crippen LogP contribution in [0.5, 0.6) is 5.75 Å². The van der Waals surface area contributed by atoms with Crippen LogP contribution in [0.25, 0.3) is 0 Å². The van der Waals surface area contributed by atoms with E-state index < -0.39 is 5.82 Å². The highest BCUT2D eigenvalue weighted by Crippen LogP contribution is 2.31. The summed E-state index contributed by atoms with van der Waals surface area (Å²) in [6, 6.07) is 10.8. The van der Waals surface area contributed by atoms with E-state index in [1.807, 2.05) is 38.1 Å². The third-order valence-corrected chi connectivity index (χ3v) is 3.60. The van der Waals surface area contributed by atoms with E-state index in [0.717, 1.165) is 11.3 Å². The van der Waals surface area contributed by atoms with Crippen LogP contribution < -0.4 is 10.1 Å². The number of para-hydroxylation sites is 1. The van der Waals surface area contributed by atoms with Crippen molar-refractivity contribution < 1.29 is 9.13 Å². The predicted molar refractivity (Wildman–Crippen MR) is 86.1 cm³/mol. The molecule has 21 heavy (non-hydrogen) atoms. The highest BCUT2D eigenvalue weighted by molar-refractivity contribution is 6.35. The lowest BCUT2D eigenvalue weighted by atomic mass is 10.1. The highest BCUT2D eigenvalue weighted by Gasteiger charge is 2.13. The molecule has 0 aliphatic rings. The van der Waals surface area contributed by atoms with Crippen LogP contribution in [0.3, 0.4) is 0 Å². The topological polar surface area (TPSA) is 21.3 Å². The van der Waals surface area contributed by atoms with E-state index in [9.17, 15) is 4.39 Å². The standard InChI is InChI=1S/C16H16Cl2FNO/c1-3-21-15-7-5-4-6-12(15)10(2)20-11-8-13(17)16(19)14(18)9-11/h4-10,20H,3H2,1-2H3. The first-order valence-electron chi connectivity index (χ1n) is 6.65. The molecule has 0 amide bonds. The van der Waals surface area contributed by atoms with Gasteiger partial charge in [0, 0.05) is 11.3 Å². The zero-order valence-corrected chi connectivity index (χ0v) is 13.3. The summed E-state index contributed by atoms with van der Waals surface area (Å²) in [6.07, 6.45) is 0. The van der Waals surface area contributed by atoms with Crippen LogP contribution in [0.4, 0.5) is 10.1 Å². The van der Waals surface area contributed by atoms with Crippen molar-refractivity contribution >= 4 is 28.9 Å². The summed E-state index contributed by atoms with van der Waals surface area (Å²) in [7, 11) is 0. The predicted octanol–water partition coefficient (Wildman–Crippen LogP) is 5.70. The largest absolute Gasteiger partial charge is 0.494 e. The van der Waals surface area contributed by atoms with Gasteiger partial charge in [0.1, 0.15) is 5.75 Å². The summed E-state index contributed by atoms with van der Waals surface area (Å²) in [5, 5.41) is 3.24. The SMILES string of the molecule is CCOc1ccccc1C(C)Nc1cc(Cl)c(F)c(Cl)c1. The Balaban J connectivity index is 2.24. The van der Waals surface area contributed by atoms with Crippen molar-refractivity contribution in [3.63, 3.8) is 0 Å². The molecule has 0 aliphatic heterocycles. The summed E-state index contributed by atoms with van der Waals surface area (Å²) in [6.45, 7) is 4.52. The zero-order valence-electron chi connectivity index (χ0n) is 11.8. The lowest BCUT2D eigenvalue weighted by Gasteiger charge is -2.19. The molecule has 0 saturated carbocycles. The number of anilines is 1. The first-order valence-corrected chi connectivity index (χ1v) is 7.41. The molecule has 5 heteroatoms. The van der Waals surface area contributed by atoms with Crippen molar-refractivity contribution in [1.82, 2.24) is 0 Å². The van der Waals surface area contributed by atoms with E-state index in [0.29, 0.717) is 12.3 Å². The van der Waals surface area contributed by atoms with Crippen LogP contribution in [0.2, 0.25) is 10.0 Å². The summed E-state index contributed by atoms with van der Waals surface area (Å²) < 4.78 is 19.0. The Morgan fingerprint density at radius 2 is 1.81 bits per heavy atom. The summed E-state index contributed by atoms with van der Waals surface area (Å²) >= 11 is 11.6. The molecule has 112 valence electrons. The van der Waals surface area contributed by atoms with Crippen molar-refractivity contribution in [2.45, 2.75) is 19.9 Å². The average Bonchev–Trinajstić information content (AvgIpc) is 2.45. The monoisotopic (exact) mass is 327 g/mol. The van der Waals surface area contributed by atoms with Gasteiger partial charge in [0.2, 0.25) is 0 Å². The Kier molecular flexibility index (Phi) is 5.32. The number of hydrogen-bond donors (Lipinski definition) is 1. The Morgan fingerprint density at radius 3 is 2.43 bits per heavy atom. The van der Waals surface area contributed by atoms with E-state index in [-0.39, 0.29) is 16.1 Å². The summed E-state index contributed by atoms with van der Waals surface area (Å²) in [5.74, 6) is 0.213. The number of nitrogens with one attached hydrogen (secondary N) is 1. The van der Waals surface area contributed by atoms with Gasteiger partial charge in [-0.1, -0.05) is 41.4 Å². The Labute approximate surface area is 133 Å². The summed E-state index contributed by atoms with van der Waals surface area (Å²) in [5.41, 5.74) is 1.67. The molecule has 0 radical (unpaired) electrons. The number of ether oxygens (including phenoxy) is 1. The van der Waals surface area contributed by atoms with Gasteiger partial charge in [0.25, 0.3) is 0 Å². The Hall–Kier alpha value is -1.45. The normalized spacial score (nSPS) is 12.0. The quantitative estimate of drug-likeness (QED) is 0.710. The first kappa shape index (κ1) is 15.9. The number of benzene rings is 2. The fourth-order valence-corrected chi connectivity index (χ4v) is 2.58. The molecular formula is C16H16Cl2FNO. The molecule has 0 heterocycles. The van der Waals surface area contributed by atoms with Gasteiger partial charge in [0.15, 0.2) is 5.82 Å². The molecule has 1 N–H and O–H groups in total. The molecule has 0 fully saturated rings. The molecule has 0 bridgehead atoms. The maximum absolute atomic E-state index is 13.4. The molecular weight excluding hydrogens is 312 g/mol. The molecule has 2 nitrogen and oxygen atoms in total. The first-order chi connectivity index (χ1) is 10.0. The van der Waals surface area contributed by atoms with Gasteiger partial charge in [-0.25, -0.2) is 4.39 Å². The van der Waals surface area contributed by atoms with Gasteiger partial charge in [-0.3, -0.25) is 0 Å². The van der Waals surface area contributed by atoms with Crippen molar-refractivity contribution in [2.24, 2.45) is 0 Å². The van der Waals surface area contributed by atoms with Crippen LogP contribution in [0.15, 0.2) is 36.4 Å². The lowest BCUT2D eigenvalue weighted by Crippen LogP contribution is -2.09. The van der Waals surface area contributed by atoms with Crippen molar-refractivity contribution in [2.75, 3.05) is 11.9 Å². The van der Waals surface area contributed by atoms with E-state index in [1.54, 1.807) is 0 Å². The number of halogens is 3. The number of hydrogen-bond acceptors (Lipinski definition) is 2. The minimum absolute atomic E-state index is 0.00436. The minimum atomic E-state index is -0.605.